The molecule has 3 rings (SSSR count). The highest BCUT2D eigenvalue weighted by atomic mass is 16.7. The highest BCUT2D eigenvalue weighted by Gasteiger charge is 2.27. The van der Waals surface area contributed by atoms with Gasteiger partial charge in [0.25, 0.3) is 5.69 Å². The van der Waals surface area contributed by atoms with Crippen molar-refractivity contribution in [3.05, 3.63) is 125 Å². The van der Waals surface area contributed by atoms with E-state index in [1.54, 1.807) is 54.6 Å². The quantitative estimate of drug-likeness (QED) is 0.0180. The van der Waals surface area contributed by atoms with Gasteiger partial charge in [0.15, 0.2) is 0 Å². The summed E-state index contributed by atoms with van der Waals surface area (Å²) < 4.78 is 19.9. The summed E-state index contributed by atoms with van der Waals surface area (Å²) in [6, 6.07) is 17.8. The van der Waals surface area contributed by atoms with Crippen LogP contribution in [0.2, 0.25) is 0 Å². The average molecular weight is 789 g/mol. The summed E-state index contributed by atoms with van der Waals surface area (Å²) in [5.41, 5.74) is 1.45. The lowest BCUT2D eigenvalue weighted by Crippen LogP contribution is -2.54. The molecule has 0 saturated carbocycles. The van der Waals surface area contributed by atoms with Gasteiger partial charge in [0.05, 0.1) is 4.92 Å². The number of benzene rings is 3. The largest absolute Gasteiger partial charge is 0.514 e. The summed E-state index contributed by atoms with van der Waals surface area (Å²) in [7, 11) is 0. The first-order chi connectivity index (χ1) is 27.5. The van der Waals surface area contributed by atoms with Gasteiger partial charge in [0.1, 0.15) is 44.2 Å². The van der Waals surface area contributed by atoms with Crippen LogP contribution in [-0.2, 0) is 41.6 Å². The maximum atomic E-state index is 13.7. The smallest absolute Gasteiger partial charge is 0.445 e. The molecule has 0 aromatic heterocycles. The average Bonchev–Trinajstić information content (AvgIpc) is 3.20. The molecule has 18 nitrogen and oxygen atoms in total. The van der Waals surface area contributed by atoms with Gasteiger partial charge in [-0.15, -0.1) is 0 Å². The fourth-order valence-corrected chi connectivity index (χ4v) is 4.85. The van der Waals surface area contributed by atoms with E-state index >= 15 is 0 Å². The molecular formula is C39H44N6O12. The lowest BCUT2D eigenvalue weighted by molar-refractivity contribution is -0.384. The van der Waals surface area contributed by atoms with Gasteiger partial charge in [-0.3, -0.25) is 24.5 Å². The first-order valence-electron chi connectivity index (χ1n) is 17.6. The van der Waals surface area contributed by atoms with Crippen molar-refractivity contribution < 1.29 is 52.6 Å². The van der Waals surface area contributed by atoms with E-state index in [4.69, 9.17) is 18.9 Å². The molecule has 5 N–H and O–H groups in total. The van der Waals surface area contributed by atoms with Crippen LogP contribution < -0.4 is 31.3 Å². The van der Waals surface area contributed by atoms with Gasteiger partial charge < -0.3 is 45.5 Å². The summed E-state index contributed by atoms with van der Waals surface area (Å²) >= 11 is 0. The van der Waals surface area contributed by atoms with Crippen LogP contribution in [0, 0.1) is 10.1 Å². The van der Waals surface area contributed by atoms with E-state index in [0.29, 0.717) is 24.1 Å². The van der Waals surface area contributed by atoms with Gasteiger partial charge in [0.2, 0.25) is 17.7 Å². The molecule has 0 aliphatic carbocycles. The van der Waals surface area contributed by atoms with Gasteiger partial charge in [0, 0.05) is 30.8 Å². The minimum absolute atomic E-state index is 0.0427. The zero-order valence-electron chi connectivity index (χ0n) is 30.9. The van der Waals surface area contributed by atoms with E-state index in [-0.39, 0.29) is 50.6 Å². The fourth-order valence-electron chi connectivity index (χ4n) is 4.85. The third-order valence-electron chi connectivity index (χ3n) is 7.64. The van der Waals surface area contributed by atoms with Crippen LogP contribution in [0.15, 0.2) is 104 Å². The van der Waals surface area contributed by atoms with Gasteiger partial charge in [-0.2, -0.15) is 0 Å². The highest BCUT2D eigenvalue weighted by molar-refractivity contribution is 5.98. The Morgan fingerprint density at radius 3 is 2.00 bits per heavy atom. The standard InChI is InChI=1S/C39H44N6O12/c1-3-22-54-37(49)40-21-9-8-12-32(44-36(48)33(24-27-10-6-5-7-11-27)43-34(46)25-41-38(50)55-23-4-2)35(47)42-29-15-13-28(14-16-29)26-56-39(51)57-31-19-17-30(18-20-31)45(52)53/h3-7,10-11,13-20,32-33H,1-2,8-9,12,21-26H2,(H,40,49)(H,41,50)(H,42,47)(H,43,46)(H,44,48)/t32-,33-/m0/s1. The van der Waals surface area contributed by atoms with E-state index in [1.165, 1.54) is 36.4 Å². The Hall–Kier alpha value is -7.24. The van der Waals surface area contributed by atoms with E-state index in [9.17, 15) is 38.9 Å². The van der Waals surface area contributed by atoms with Crippen molar-refractivity contribution in [1.29, 1.82) is 0 Å². The number of nitrogens with zero attached hydrogens (tertiary/aromatic N) is 1. The number of non-ortho nitro benzene ring substituents is 1. The summed E-state index contributed by atoms with van der Waals surface area (Å²) in [6.07, 6.45) is 1.31. The number of hydrogen-bond acceptors (Lipinski definition) is 12. The number of rotatable bonds is 22. The summed E-state index contributed by atoms with van der Waals surface area (Å²) in [4.78, 5) is 86.2. The van der Waals surface area contributed by atoms with Crippen molar-refractivity contribution >= 4 is 47.4 Å². The maximum Gasteiger partial charge on any atom is 0.514 e. The van der Waals surface area contributed by atoms with Crippen molar-refractivity contribution in [3.8, 4) is 5.75 Å². The number of amides is 5. The predicted octanol–water partition coefficient (Wildman–Crippen LogP) is 4.46. The number of alkyl carbamates (subject to hydrolysis) is 2. The molecule has 0 aliphatic heterocycles. The zero-order valence-corrected chi connectivity index (χ0v) is 30.9. The molecule has 0 saturated heterocycles. The number of ether oxygens (including phenoxy) is 4. The summed E-state index contributed by atoms with van der Waals surface area (Å²) in [5, 5.41) is 23.8. The molecular weight excluding hydrogens is 744 g/mol. The minimum Gasteiger partial charge on any atom is -0.445 e. The van der Waals surface area contributed by atoms with Crippen LogP contribution in [0.1, 0.15) is 30.4 Å². The highest BCUT2D eigenvalue weighted by Crippen LogP contribution is 2.18. The second-order valence-electron chi connectivity index (χ2n) is 12.0. The Morgan fingerprint density at radius 2 is 1.37 bits per heavy atom. The van der Waals surface area contributed by atoms with E-state index in [0.717, 1.165) is 5.56 Å². The van der Waals surface area contributed by atoms with Crippen LogP contribution in [0.4, 0.5) is 25.8 Å². The number of anilines is 1. The number of nitrogens with one attached hydrogen (secondary N) is 5. The van der Waals surface area contributed by atoms with Crippen LogP contribution in [0.3, 0.4) is 0 Å². The van der Waals surface area contributed by atoms with Gasteiger partial charge in [-0.1, -0.05) is 67.8 Å². The number of carbonyl (C=O) groups excluding carboxylic acids is 6. The summed E-state index contributed by atoms with van der Waals surface area (Å²) in [6.45, 7) is 6.48. The molecule has 5 amide bonds. The molecule has 0 aliphatic rings. The Bertz CT molecular complexity index is 1840. The molecule has 0 bridgehead atoms. The van der Waals surface area contributed by atoms with Gasteiger partial charge >= 0.3 is 18.3 Å². The molecule has 2 atom stereocenters. The second-order valence-corrected chi connectivity index (χ2v) is 12.0. The Labute approximate surface area is 328 Å². The lowest BCUT2D eigenvalue weighted by Gasteiger charge is -2.23. The number of nitro benzene ring substituents is 1. The molecule has 0 radical (unpaired) electrons. The normalized spacial score (nSPS) is 11.3. The number of nitro groups is 1. The second kappa shape index (κ2) is 24.2. The molecule has 302 valence electrons. The Kier molecular flexibility index (Phi) is 18.8. The minimum atomic E-state index is -1.14. The van der Waals surface area contributed by atoms with Crippen LogP contribution in [0.25, 0.3) is 0 Å². The number of unbranched alkanes of at least 4 members (excludes halogenated alkanes) is 1. The first-order valence-corrected chi connectivity index (χ1v) is 17.6. The van der Waals surface area contributed by atoms with Crippen molar-refractivity contribution in [2.75, 3.05) is 31.6 Å². The van der Waals surface area contributed by atoms with Crippen LogP contribution in [0.5, 0.6) is 5.75 Å². The lowest BCUT2D eigenvalue weighted by atomic mass is 10.0. The predicted molar refractivity (Wildman–Crippen MR) is 206 cm³/mol. The van der Waals surface area contributed by atoms with Crippen LogP contribution >= 0.6 is 0 Å². The van der Waals surface area contributed by atoms with Crippen molar-refractivity contribution in [2.24, 2.45) is 0 Å². The molecule has 0 spiro atoms. The van der Waals surface area contributed by atoms with Crippen molar-refractivity contribution in [2.45, 2.75) is 44.4 Å². The molecule has 3 aromatic rings. The topological polar surface area (TPSA) is 243 Å². The summed E-state index contributed by atoms with van der Waals surface area (Å²) in [5.74, 6) is -1.87. The van der Waals surface area contributed by atoms with E-state index < -0.39 is 59.6 Å². The van der Waals surface area contributed by atoms with Gasteiger partial charge in [-0.05, 0) is 54.7 Å². The van der Waals surface area contributed by atoms with Crippen molar-refractivity contribution in [3.63, 3.8) is 0 Å². The fraction of sp³-hybridized carbons (Fsp3) is 0.282. The Balaban J connectivity index is 1.66. The van der Waals surface area contributed by atoms with E-state index in [1.807, 2.05) is 0 Å². The van der Waals surface area contributed by atoms with Crippen molar-refractivity contribution in [1.82, 2.24) is 21.3 Å². The van der Waals surface area contributed by atoms with E-state index in [2.05, 4.69) is 39.7 Å². The number of carbonyl (C=O) groups is 6. The molecule has 3 aromatic carbocycles. The molecule has 0 unspecified atom stereocenters. The zero-order chi connectivity index (χ0) is 41.4. The third kappa shape index (κ3) is 17.2. The molecule has 0 heterocycles. The van der Waals surface area contributed by atoms with Gasteiger partial charge in [-0.25, -0.2) is 14.4 Å². The Morgan fingerprint density at radius 1 is 0.719 bits per heavy atom. The van der Waals surface area contributed by atoms with Crippen LogP contribution in [-0.4, -0.2) is 79.4 Å². The molecule has 18 heteroatoms. The number of hydrogen-bond donors (Lipinski definition) is 5. The first kappa shape index (κ1) is 44.2. The molecule has 0 fully saturated rings. The maximum absolute atomic E-state index is 13.7. The third-order valence-corrected chi connectivity index (χ3v) is 7.64. The molecule has 57 heavy (non-hydrogen) atoms. The SMILES string of the molecule is C=CCOC(=O)NCCCC[C@H](NC(=O)[C@H](Cc1ccccc1)NC(=O)CNC(=O)OCC=C)C(=O)Nc1ccc(COC(=O)Oc2ccc([N+](=O)[O-])cc2)cc1. The monoisotopic (exact) mass is 788 g/mol.